The lowest BCUT2D eigenvalue weighted by atomic mass is 10.0. The highest BCUT2D eigenvalue weighted by Crippen LogP contribution is 2.15. The van der Waals surface area contributed by atoms with E-state index in [-0.39, 0.29) is 13.2 Å². The molecule has 0 bridgehead atoms. The lowest BCUT2D eigenvalue weighted by molar-refractivity contribution is 0.159. The van der Waals surface area contributed by atoms with Gasteiger partial charge in [0.1, 0.15) is 0 Å². The maximum atomic E-state index is 9.03. The quantitative estimate of drug-likeness (QED) is 0.108. The second-order valence-corrected chi connectivity index (χ2v) is 10.4. The Morgan fingerprint density at radius 1 is 0.333 bits per heavy atom. The fourth-order valence-electron chi connectivity index (χ4n) is 4.92. The lowest BCUT2D eigenvalue weighted by Crippen LogP contribution is -2.30. The fourth-order valence-corrected chi connectivity index (χ4v) is 4.92. The number of hydrogen-bond donors (Lipinski definition) is 2. The largest absolute Gasteiger partial charge is 0.395 e. The van der Waals surface area contributed by atoms with Crippen LogP contribution < -0.4 is 0 Å². The zero-order chi connectivity index (χ0) is 24.1. The number of hydrogen-bond acceptors (Lipinski definition) is 3. The maximum Gasteiger partial charge on any atom is 0.0558 e. The molecule has 0 amide bonds. The van der Waals surface area contributed by atoms with Gasteiger partial charge < -0.3 is 10.2 Å². The summed E-state index contributed by atoms with van der Waals surface area (Å²) in [4.78, 5) is 2.16. The van der Waals surface area contributed by atoms with Crippen LogP contribution in [0.5, 0.6) is 0 Å². The van der Waals surface area contributed by atoms with E-state index in [9.17, 15) is 0 Å². The zero-order valence-corrected chi connectivity index (χ0v) is 22.8. The molecule has 0 aliphatic heterocycles. The van der Waals surface area contributed by atoms with Gasteiger partial charge in [0, 0.05) is 13.1 Å². The van der Waals surface area contributed by atoms with Crippen LogP contribution in [-0.4, -0.2) is 48.0 Å². The highest BCUT2D eigenvalue weighted by atomic mass is 16.3. The first-order chi connectivity index (χ1) is 16.3. The number of aliphatic hydroxyl groups is 2. The van der Waals surface area contributed by atoms with Crippen LogP contribution in [0, 0.1) is 0 Å². The van der Waals surface area contributed by atoms with Crippen LogP contribution in [0.25, 0.3) is 0 Å². The summed E-state index contributed by atoms with van der Waals surface area (Å²) in [5.41, 5.74) is 0. The molecule has 0 fully saturated rings. The van der Waals surface area contributed by atoms with Gasteiger partial charge in [-0.05, 0) is 13.0 Å². The Morgan fingerprint density at radius 2 is 0.576 bits per heavy atom. The molecule has 0 atom stereocenters. The van der Waals surface area contributed by atoms with Crippen molar-refractivity contribution in [3.63, 3.8) is 0 Å². The van der Waals surface area contributed by atoms with Gasteiger partial charge in [-0.2, -0.15) is 0 Å². The Kier molecular flexibility index (Phi) is 29.8. The lowest BCUT2D eigenvalue weighted by Gasteiger charge is -2.19. The molecule has 2 N–H and O–H groups in total. The van der Waals surface area contributed by atoms with Crippen molar-refractivity contribution in [3.8, 4) is 0 Å². The Hall–Kier alpha value is -0.120. The third kappa shape index (κ3) is 28.0. The molecule has 33 heavy (non-hydrogen) atoms. The molecule has 0 aromatic heterocycles. The van der Waals surface area contributed by atoms with Gasteiger partial charge in [-0.25, -0.2) is 0 Å². The molecule has 200 valence electrons. The molecular weight excluding hydrogens is 406 g/mol. The van der Waals surface area contributed by atoms with Crippen LogP contribution in [0.1, 0.15) is 161 Å². The first kappa shape index (κ1) is 32.9. The van der Waals surface area contributed by atoms with Crippen LogP contribution in [0.4, 0.5) is 0 Å². The normalized spacial score (nSPS) is 11.6. The summed E-state index contributed by atoms with van der Waals surface area (Å²) in [6.45, 7) is 5.09. The Balaban J connectivity index is 3.10. The van der Waals surface area contributed by atoms with Crippen molar-refractivity contribution >= 4 is 0 Å². The molecule has 0 aliphatic carbocycles. The van der Waals surface area contributed by atoms with E-state index in [1.807, 2.05) is 0 Å². The van der Waals surface area contributed by atoms with E-state index < -0.39 is 0 Å². The van der Waals surface area contributed by atoms with Crippen molar-refractivity contribution in [1.82, 2.24) is 4.90 Å². The highest BCUT2D eigenvalue weighted by molar-refractivity contribution is 4.57. The van der Waals surface area contributed by atoms with E-state index in [0.29, 0.717) is 13.1 Å². The van der Waals surface area contributed by atoms with Gasteiger partial charge in [0.05, 0.1) is 13.2 Å². The average Bonchev–Trinajstić information content (AvgIpc) is 2.82. The van der Waals surface area contributed by atoms with Crippen molar-refractivity contribution in [2.24, 2.45) is 0 Å². The maximum absolute atomic E-state index is 9.03. The summed E-state index contributed by atoms with van der Waals surface area (Å²) in [6, 6.07) is 0. The topological polar surface area (TPSA) is 43.7 Å². The Labute approximate surface area is 209 Å². The molecule has 0 aliphatic rings. The minimum absolute atomic E-state index is 0.194. The van der Waals surface area contributed by atoms with Gasteiger partial charge in [0.15, 0.2) is 0 Å². The molecule has 0 saturated carbocycles. The van der Waals surface area contributed by atoms with Crippen molar-refractivity contribution in [1.29, 1.82) is 0 Å². The number of rotatable bonds is 29. The third-order valence-electron chi connectivity index (χ3n) is 7.16. The monoisotopic (exact) mass is 469 g/mol. The summed E-state index contributed by atoms with van der Waals surface area (Å²) < 4.78 is 0. The minimum Gasteiger partial charge on any atom is -0.395 e. The van der Waals surface area contributed by atoms with Gasteiger partial charge in [-0.1, -0.05) is 155 Å². The standard InChI is InChI=1S/C30H63NO2/c1-2-3-4-5-6-7-8-9-10-11-12-13-14-15-16-17-18-19-20-21-22-23-24-25-26-31(27-29-32)28-30-33/h32-33H,2-30H2,1H3. The molecule has 0 unspecified atom stereocenters. The van der Waals surface area contributed by atoms with E-state index in [2.05, 4.69) is 11.8 Å². The molecule has 3 nitrogen and oxygen atoms in total. The zero-order valence-electron chi connectivity index (χ0n) is 22.8. The summed E-state index contributed by atoms with van der Waals surface area (Å²) in [6.07, 6.45) is 34.2. The molecule has 0 aromatic carbocycles. The highest BCUT2D eigenvalue weighted by Gasteiger charge is 2.02. The Morgan fingerprint density at radius 3 is 0.818 bits per heavy atom. The molecule has 0 spiro atoms. The van der Waals surface area contributed by atoms with Crippen LogP contribution in [-0.2, 0) is 0 Å². The molecule has 0 rings (SSSR count). The first-order valence-electron chi connectivity index (χ1n) is 15.3. The number of aliphatic hydroxyl groups excluding tert-OH is 2. The van der Waals surface area contributed by atoms with Crippen molar-refractivity contribution < 1.29 is 10.2 Å². The van der Waals surface area contributed by atoms with Crippen molar-refractivity contribution in [2.45, 2.75) is 161 Å². The summed E-state index contributed by atoms with van der Waals surface area (Å²) >= 11 is 0. The number of nitrogens with zero attached hydrogens (tertiary/aromatic N) is 1. The molecule has 0 heterocycles. The van der Waals surface area contributed by atoms with Crippen LogP contribution >= 0.6 is 0 Å². The average molecular weight is 470 g/mol. The summed E-state index contributed by atoms with van der Waals surface area (Å²) in [5.74, 6) is 0. The van der Waals surface area contributed by atoms with Crippen LogP contribution in [0.15, 0.2) is 0 Å². The van der Waals surface area contributed by atoms with Gasteiger partial charge in [-0.15, -0.1) is 0 Å². The third-order valence-corrected chi connectivity index (χ3v) is 7.16. The van der Waals surface area contributed by atoms with Crippen LogP contribution in [0.2, 0.25) is 0 Å². The van der Waals surface area contributed by atoms with Gasteiger partial charge >= 0.3 is 0 Å². The molecule has 3 heteroatoms. The first-order valence-corrected chi connectivity index (χ1v) is 15.3. The summed E-state index contributed by atoms with van der Waals surface area (Å²) in [5, 5.41) is 18.1. The minimum atomic E-state index is 0.194. The van der Waals surface area contributed by atoms with Crippen molar-refractivity contribution in [2.75, 3.05) is 32.8 Å². The molecule has 0 radical (unpaired) electrons. The van der Waals surface area contributed by atoms with E-state index in [0.717, 1.165) is 6.54 Å². The second-order valence-electron chi connectivity index (χ2n) is 10.4. The van der Waals surface area contributed by atoms with E-state index in [1.54, 1.807) is 0 Å². The van der Waals surface area contributed by atoms with Crippen LogP contribution in [0.3, 0.4) is 0 Å². The SMILES string of the molecule is CCCCCCCCCCCCCCCCCCCCCCCCCCN(CCO)CCO. The summed E-state index contributed by atoms with van der Waals surface area (Å²) in [7, 11) is 0. The van der Waals surface area contributed by atoms with E-state index in [1.165, 1.54) is 154 Å². The smallest absolute Gasteiger partial charge is 0.0558 e. The fraction of sp³-hybridized carbons (Fsp3) is 1.00. The molecular formula is C30H63NO2. The van der Waals surface area contributed by atoms with Gasteiger partial charge in [0.25, 0.3) is 0 Å². The van der Waals surface area contributed by atoms with Crippen molar-refractivity contribution in [3.05, 3.63) is 0 Å². The predicted octanol–water partition coefficient (Wildman–Crippen LogP) is 8.66. The van der Waals surface area contributed by atoms with E-state index in [4.69, 9.17) is 10.2 Å². The number of unbranched alkanes of at least 4 members (excludes halogenated alkanes) is 23. The van der Waals surface area contributed by atoms with Gasteiger partial charge in [0.2, 0.25) is 0 Å². The predicted molar refractivity (Wildman–Crippen MR) is 147 cm³/mol. The molecule has 0 saturated heterocycles. The molecule has 0 aromatic rings. The van der Waals surface area contributed by atoms with Gasteiger partial charge in [-0.3, -0.25) is 4.90 Å². The second kappa shape index (κ2) is 29.9. The van der Waals surface area contributed by atoms with E-state index >= 15 is 0 Å². The Bertz CT molecular complexity index is 331.